The lowest BCUT2D eigenvalue weighted by Gasteiger charge is -2.16. The molecule has 0 fully saturated rings. The number of benzene rings is 5. The highest BCUT2D eigenvalue weighted by Crippen LogP contribution is 2.25. The van der Waals surface area contributed by atoms with E-state index in [1.54, 1.807) is 0 Å². The van der Waals surface area contributed by atoms with Crippen molar-refractivity contribution >= 4 is 11.4 Å². The minimum Gasteiger partial charge on any atom is -0.399 e. The van der Waals surface area contributed by atoms with E-state index in [4.69, 9.17) is 11.5 Å². The molecule has 0 heterocycles. The van der Waals surface area contributed by atoms with Crippen molar-refractivity contribution in [3.05, 3.63) is 165 Å². The standard InChI is InChI=1S/C44H52N2/c1-3-5-7-9-39-30-37(28-35-19-25-44(46)26-20-35)15-21-42(39)32-38-16-22-41(40(31-38)10-8-6-4-2)29-36-13-11-33(12-14-36)27-34-17-23-43(45)24-18-34/h11-26,30-31H,3-10,27-29,32,45-46H2,1-2H3. The molecule has 4 N–H and O–H groups in total. The molecule has 2 nitrogen and oxygen atoms in total. The van der Waals surface area contributed by atoms with Gasteiger partial charge < -0.3 is 11.5 Å². The summed E-state index contributed by atoms with van der Waals surface area (Å²) < 4.78 is 0. The molecular formula is C44H52N2. The summed E-state index contributed by atoms with van der Waals surface area (Å²) in [5, 5.41) is 0. The smallest absolute Gasteiger partial charge is 0.0314 e. The normalized spacial score (nSPS) is 11.2. The summed E-state index contributed by atoms with van der Waals surface area (Å²) in [5.74, 6) is 0. The van der Waals surface area contributed by atoms with E-state index in [9.17, 15) is 0 Å². The van der Waals surface area contributed by atoms with Gasteiger partial charge in [0.1, 0.15) is 0 Å². The molecule has 46 heavy (non-hydrogen) atoms. The summed E-state index contributed by atoms with van der Waals surface area (Å²) in [5.41, 5.74) is 27.5. The zero-order chi connectivity index (χ0) is 32.1. The lowest BCUT2D eigenvalue weighted by Crippen LogP contribution is -2.02. The molecule has 0 aliphatic heterocycles. The Bertz CT molecular complexity index is 1650. The van der Waals surface area contributed by atoms with Crippen LogP contribution in [-0.4, -0.2) is 0 Å². The molecule has 0 saturated heterocycles. The molecule has 0 spiro atoms. The highest BCUT2D eigenvalue weighted by atomic mass is 14.5. The highest BCUT2D eigenvalue weighted by molar-refractivity contribution is 5.44. The van der Waals surface area contributed by atoms with Crippen molar-refractivity contribution in [3.63, 3.8) is 0 Å². The lowest BCUT2D eigenvalue weighted by atomic mass is 9.89. The third-order valence-corrected chi connectivity index (χ3v) is 9.23. The SMILES string of the molecule is CCCCCc1cc(Cc2ccc(N)cc2)ccc1Cc1ccc(Cc2ccc(Cc3ccc(N)cc3)cc2)c(CCCCC)c1. The van der Waals surface area contributed by atoms with Crippen LogP contribution < -0.4 is 11.5 Å². The van der Waals surface area contributed by atoms with Gasteiger partial charge in [-0.1, -0.05) is 124 Å². The molecule has 5 aromatic carbocycles. The second kappa shape index (κ2) is 16.9. The van der Waals surface area contributed by atoms with Crippen molar-refractivity contribution < 1.29 is 0 Å². The zero-order valence-corrected chi connectivity index (χ0v) is 28.0. The van der Waals surface area contributed by atoms with Crippen molar-refractivity contribution in [3.8, 4) is 0 Å². The van der Waals surface area contributed by atoms with Gasteiger partial charge in [0.2, 0.25) is 0 Å². The summed E-state index contributed by atoms with van der Waals surface area (Å²) in [6.07, 6.45) is 13.7. The van der Waals surface area contributed by atoms with E-state index in [2.05, 4.69) is 98.8 Å². The van der Waals surface area contributed by atoms with E-state index < -0.39 is 0 Å². The fraction of sp³-hybridized carbons (Fsp3) is 0.318. The monoisotopic (exact) mass is 608 g/mol. The second-order valence-electron chi connectivity index (χ2n) is 13.1. The van der Waals surface area contributed by atoms with Gasteiger partial charge >= 0.3 is 0 Å². The molecule has 0 aliphatic rings. The maximum atomic E-state index is 5.93. The molecular weight excluding hydrogens is 556 g/mol. The van der Waals surface area contributed by atoms with Crippen molar-refractivity contribution in [1.29, 1.82) is 0 Å². The first-order chi connectivity index (χ1) is 22.5. The maximum absolute atomic E-state index is 5.93. The first-order valence-electron chi connectivity index (χ1n) is 17.5. The average molecular weight is 609 g/mol. The van der Waals surface area contributed by atoms with Crippen LogP contribution in [0, 0.1) is 0 Å². The van der Waals surface area contributed by atoms with E-state index in [1.165, 1.54) is 94.2 Å². The van der Waals surface area contributed by atoms with E-state index in [0.717, 1.165) is 49.9 Å². The minimum absolute atomic E-state index is 0.815. The first-order valence-corrected chi connectivity index (χ1v) is 17.5. The summed E-state index contributed by atoms with van der Waals surface area (Å²) in [7, 11) is 0. The molecule has 0 atom stereocenters. The largest absolute Gasteiger partial charge is 0.399 e. The molecule has 0 aromatic heterocycles. The molecule has 0 unspecified atom stereocenters. The van der Waals surface area contributed by atoms with Crippen LogP contribution in [-0.2, 0) is 38.5 Å². The van der Waals surface area contributed by atoms with Crippen LogP contribution in [0.3, 0.4) is 0 Å². The predicted molar refractivity (Wildman–Crippen MR) is 199 cm³/mol. The van der Waals surface area contributed by atoms with E-state index in [0.29, 0.717) is 0 Å². The Morgan fingerprint density at radius 2 is 0.674 bits per heavy atom. The molecule has 2 heteroatoms. The van der Waals surface area contributed by atoms with Crippen LogP contribution in [0.4, 0.5) is 11.4 Å². The van der Waals surface area contributed by atoms with Gasteiger partial charge in [-0.05, 0) is 131 Å². The van der Waals surface area contributed by atoms with Crippen molar-refractivity contribution in [2.45, 2.75) is 90.9 Å². The van der Waals surface area contributed by atoms with Crippen LogP contribution in [0.15, 0.2) is 109 Å². The number of nitrogen functional groups attached to an aromatic ring is 2. The van der Waals surface area contributed by atoms with Crippen molar-refractivity contribution in [2.24, 2.45) is 0 Å². The number of aryl methyl sites for hydroxylation is 2. The van der Waals surface area contributed by atoms with Gasteiger partial charge in [0.05, 0.1) is 0 Å². The number of rotatable bonds is 16. The van der Waals surface area contributed by atoms with Gasteiger partial charge in [-0.2, -0.15) is 0 Å². The molecule has 5 aromatic rings. The Morgan fingerprint density at radius 1 is 0.348 bits per heavy atom. The maximum Gasteiger partial charge on any atom is 0.0314 e. The fourth-order valence-corrected chi connectivity index (χ4v) is 6.48. The topological polar surface area (TPSA) is 52.0 Å². The zero-order valence-electron chi connectivity index (χ0n) is 28.0. The van der Waals surface area contributed by atoms with Gasteiger partial charge in [-0.15, -0.1) is 0 Å². The summed E-state index contributed by atoms with van der Waals surface area (Å²) >= 11 is 0. The van der Waals surface area contributed by atoms with Gasteiger partial charge in [0.25, 0.3) is 0 Å². The van der Waals surface area contributed by atoms with Crippen LogP contribution in [0.1, 0.15) is 108 Å². The van der Waals surface area contributed by atoms with Gasteiger partial charge in [-0.3, -0.25) is 0 Å². The Balaban J connectivity index is 1.33. The predicted octanol–water partition coefficient (Wildman–Crippen LogP) is 10.7. The van der Waals surface area contributed by atoms with Crippen molar-refractivity contribution in [2.75, 3.05) is 11.5 Å². The minimum atomic E-state index is 0.815. The third kappa shape index (κ3) is 9.85. The number of hydrogen-bond acceptors (Lipinski definition) is 2. The van der Waals surface area contributed by atoms with Gasteiger partial charge in [-0.25, -0.2) is 0 Å². The lowest BCUT2D eigenvalue weighted by molar-refractivity contribution is 0.712. The summed E-state index contributed by atoms with van der Waals surface area (Å²) in [4.78, 5) is 0. The molecule has 0 radical (unpaired) electrons. The second-order valence-corrected chi connectivity index (χ2v) is 13.1. The van der Waals surface area contributed by atoms with Crippen LogP contribution in [0.25, 0.3) is 0 Å². The Kier molecular flexibility index (Phi) is 12.1. The van der Waals surface area contributed by atoms with Crippen LogP contribution in [0.5, 0.6) is 0 Å². The van der Waals surface area contributed by atoms with Crippen LogP contribution in [0.2, 0.25) is 0 Å². The molecule has 0 saturated carbocycles. The molecule has 0 amide bonds. The molecule has 5 rings (SSSR count). The highest BCUT2D eigenvalue weighted by Gasteiger charge is 2.11. The van der Waals surface area contributed by atoms with Crippen molar-refractivity contribution in [1.82, 2.24) is 0 Å². The van der Waals surface area contributed by atoms with E-state index in [-0.39, 0.29) is 0 Å². The molecule has 0 bridgehead atoms. The quantitative estimate of drug-likeness (QED) is 0.0865. The average Bonchev–Trinajstić information content (AvgIpc) is 3.06. The molecule has 0 aliphatic carbocycles. The Labute approximate surface area is 277 Å². The summed E-state index contributed by atoms with van der Waals surface area (Å²) in [6, 6.07) is 40.2. The summed E-state index contributed by atoms with van der Waals surface area (Å²) in [6.45, 7) is 4.58. The van der Waals surface area contributed by atoms with Gasteiger partial charge in [0.15, 0.2) is 0 Å². The van der Waals surface area contributed by atoms with E-state index >= 15 is 0 Å². The van der Waals surface area contributed by atoms with Crippen LogP contribution >= 0.6 is 0 Å². The Hall–Kier alpha value is -4.30. The first kappa shape index (κ1) is 33.1. The number of hydrogen-bond donors (Lipinski definition) is 2. The fourth-order valence-electron chi connectivity index (χ4n) is 6.48. The van der Waals surface area contributed by atoms with E-state index in [1.807, 2.05) is 24.3 Å². The van der Waals surface area contributed by atoms with Gasteiger partial charge in [0, 0.05) is 11.4 Å². The number of anilines is 2. The molecule has 238 valence electrons. The number of nitrogens with two attached hydrogens (primary N) is 2. The third-order valence-electron chi connectivity index (χ3n) is 9.23. The number of unbranched alkanes of at least 4 members (excludes halogenated alkanes) is 4. The Morgan fingerprint density at radius 3 is 1.11 bits per heavy atom.